The van der Waals surface area contributed by atoms with E-state index in [1.807, 2.05) is 6.92 Å². The van der Waals surface area contributed by atoms with Crippen LogP contribution in [0.1, 0.15) is 57.7 Å². The standard InChI is InChI=1S/C18H29NO2/c1-6-8-15-9-14(7-2)10-16(11-15)18(20)13(3)19-17(4,5)12-21-18/h9-11,13,19-20H,6-8,12H2,1-5H3. The minimum absolute atomic E-state index is 0.111. The Bertz CT molecular complexity index is 498. The van der Waals surface area contributed by atoms with Crippen molar-refractivity contribution in [3.63, 3.8) is 0 Å². The quantitative estimate of drug-likeness (QED) is 0.895. The minimum Gasteiger partial charge on any atom is -0.361 e. The van der Waals surface area contributed by atoms with E-state index in [0.717, 1.165) is 24.8 Å². The van der Waals surface area contributed by atoms with Gasteiger partial charge in [0.1, 0.15) is 0 Å². The van der Waals surface area contributed by atoms with Crippen LogP contribution in [0, 0.1) is 0 Å². The summed E-state index contributed by atoms with van der Waals surface area (Å²) in [6.07, 6.45) is 3.10. The van der Waals surface area contributed by atoms with Crippen molar-refractivity contribution in [2.75, 3.05) is 6.61 Å². The zero-order valence-corrected chi connectivity index (χ0v) is 14.0. The van der Waals surface area contributed by atoms with Crippen molar-refractivity contribution in [3.05, 3.63) is 34.9 Å². The van der Waals surface area contributed by atoms with Crippen LogP contribution in [0.4, 0.5) is 0 Å². The Morgan fingerprint density at radius 2 is 1.90 bits per heavy atom. The van der Waals surface area contributed by atoms with Crippen LogP contribution in [0.2, 0.25) is 0 Å². The van der Waals surface area contributed by atoms with Gasteiger partial charge in [0.05, 0.1) is 12.6 Å². The topological polar surface area (TPSA) is 41.5 Å². The molecule has 3 heteroatoms. The Morgan fingerprint density at radius 3 is 2.48 bits per heavy atom. The first kappa shape index (κ1) is 16.5. The number of rotatable bonds is 4. The maximum atomic E-state index is 11.1. The van der Waals surface area contributed by atoms with Gasteiger partial charge in [-0.3, -0.25) is 0 Å². The van der Waals surface area contributed by atoms with Crippen LogP contribution in [0.5, 0.6) is 0 Å². The number of benzene rings is 1. The van der Waals surface area contributed by atoms with E-state index in [-0.39, 0.29) is 11.6 Å². The van der Waals surface area contributed by atoms with Gasteiger partial charge in [0, 0.05) is 11.1 Å². The molecule has 1 aromatic carbocycles. The second kappa shape index (κ2) is 6.07. The van der Waals surface area contributed by atoms with Crippen LogP contribution in [0.3, 0.4) is 0 Å². The largest absolute Gasteiger partial charge is 0.361 e. The fourth-order valence-electron chi connectivity index (χ4n) is 3.08. The lowest BCUT2D eigenvalue weighted by Crippen LogP contribution is -2.63. The molecule has 118 valence electrons. The SMILES string of the molecule is CCCc1cc(CC)cc(C2(O)OCC(C)(C)NC2C)c1. The highest BCUT2D eigenvalue weighted by molar-refractivity contribution is 5.34. The smallest absolute Gasteiger partial charge is 0.208 e. The summed E-state index contributed by atoms with van der Waals surface area (Å²) in [6.45, 7) is 11.0. The highest BCUT2D eigenvalue weighted by Crippen LogP contribution is 2.34. The summed E-state index contributed by atoms with van der Waals surface area (Å²) in [5.74, 6) is -1.25. The third kappa shape index (κ3) is 3.47. The molecule has 0 spiro atoms. The molecule has 1 aromatic rings. The molecule has 1 aliphatic rings. The number of morpholine rings is 1. The third-order valence-electron chi connectivity index (χ3n) is 4.26. The molecule has 0 aliphatic carbocycles. The molecule has 2 unspecified atom stereocenters. The molecule has 0 radical (unpaired) electrons. The molecule has 1 saturated heterocycles. The first-order valence-corrected chi connectivity index (χ1v) is 8.08. The van der Waals surface area contributed by atoms with Crippen molar-refractivity contribution in [1.82, 2.24) is 5.32 Å². The van der Waals surface area contributed by atoms with E-state index in [9.17, 15) is 5.11 Å². The molecule has 2 N–H and O–H groups in total. The van der Waals surface area contributed by atoms with Gasteiger partial charge in [0.25, 0.3) is 0 Å². The zero-order chi connectivity index (χ0) is 15.7. The summed E-state index contributed by atoms with van der Waals surface area (Å²) in [4.78, 5) is 0. The van der Waals surface area contributed by atoms with Crippen molar-refractivity contribution < 1.29 is 9.84 Å². The van der Waals surface area contributed by atoms with Crippen molar-refractivity contribution >= 4 is 0 Å². The van der Waals surface area contributed by atoms with E-state index in [1.54, 1.807) is 0 Å². The van der Waals surface area contributed by atoms with Crippen LogP contribution in [-0.4, -0.2) is 23.3 Å². The van der Waals surface area contributed by atoms with Crippen LogP contribution in [0.15, 0.2) is 18.2 Å². The average Bonchev–Trinajstić information content (AvgIpc) is 2.43. The monoisotopic (exact) mass is 291 g/mol. The van der Waals surface area contributed by atoms with Gasteiger partial charge < -0.3 is 15.2 Å². The Hall–Kier alpha value is -0.900. The Labute approximate surface area is 128 Å². The van der Waals surface area contributed by atoms with E-state index >= 15 is 0 Å². The van der Waals surface area contributed by atoms with Gasteiger partial charge >= 0.3 is 0 Å². The first-order valence-electron chi connectivity index (χ1n) is 8.08. The normalized spacial score (nSPS) is 28.6. The Kier molecular flexibility index (Phi) is 4.76. The van der Waals surface area contributed by atoms with E-state index in [2.05, 4.69) is 51.2 Å². The van der Waals surface area contributed by atoms with E-state index in [0.29, 0.717) is 6.61 Å². The fraction of sp³-hybridized carbons (Fsp3) is 0.667. The Morgan fingerprint density at radius 1 is 1.24 bits per heavy atom. The van der Waals surface area contributed by atoms with Crippen LogP contribution in [0.25, 0.3) is 0 Å². The lowest BCUT2D eigenvalue weighted by atomic mass is 9.89. The van der Waals surface area contributed by atoms with Gasteiger partial charge in [-0.15, -0.1) is 0 Å². The van der Waals surface area contributed by atoms with Gasteiger partial charge in [-0.2, -0.15) is 0 Å². The molecule has 2 atom stereocenters. The lowest BCUT2D eigenvalue weighted by Gasteiger charge is -2.46. The maximum absolute atomic E-state index is 11.1. The highest BCUT2D eigenvalue weighted by Gasteiger charge is 2.44. The second-order valence-electron chi connectivity index (χ2n) is 6.88. The predicted molar refractivity (Wildman–Crippen MR) is 86.3 cm³/mol. The lowest BCUT2D eigenvalue weighted by molar-refractivity contribution is -0.263. The molecule has 1 aliphatic heterocycles. The van der Waals surface area contributed by atoms with Crippen molar-refractivity contribution in [2.24, 2.45) is 0 Å². The third-order valence-corrected chi connectivity index (χ3v) is 4.26. The summed E-state index contributed by atoms with van der Waals surface area (Å²) in [6, 6.07) is 6.26. The van der Waals surface area contributed by atoms with Crippen LogP contribution < -0.4 is 5.32 Å². The molecular formula is C18H29NO2. The second-order valence-corrected chi connectivity index (χ2v) is 6.88. The summed E-state index contributed by atoms with van der Waals surface area (Å²) < 4.78 is 5.90. The summed E-state index contributed by atoms with van der Waals surface area (Å²) in [7, 11) is 0. The molecule has 2 rings (SSSR count). The number of aryl methyl sites for hydroxylation is 2. The van der Waals surface area contributed by atoms with Crippen molar-refractivity contribution in [2.45, 2.75) is 71.2 Å². The van der Waals surface area contributed by atoms with Gasteiger partial charge in [-0.1, -0.05) is 38.5 Å². The molecular weight excluding hydrogens is 262 g/mol. The molecule has 0 amide bonds. The van der Waals surface area contributed by atoms with Gasteiger partial charge in [0.15, 0.2) is 0 Å². The molecule has 21 heavy (non-hydrogen) atoms. The number of ether oxygens (including phenoxy) is 1. The molecule has 0 aromatic heterocycles. The zero-order valence-electron chi connectivity index (χ0n) is 14.0. The summed E-state index contributed by atoms with van der Waals surface area (Å²) in [5, 5.41) is 14.5. The van der Waals surface area contributed by atoms with Crippen molar-refractivity contribution in [3.8, 4) is 0 Å². The number of hydrogen-bond donors (Lipinski definition) is 2. The van der Waals surface area contributed by atoms with Crippen LogP contribution in [-0.2, 0) is 23.4 Å². The number of hydrogen-bond acceptors (Lipinski definition) is 3. The minimum atomic E-state index is -1.25. The first-order chi connectivity index (χ1) is 9.80. The fourth-order valence-corrected chi connectivity index (χ4v) is 3.08. The Balaban J connectivity index is 2.37. The van der Waals surface area contributed by atoms with E-state index in [1.165, 1.54) is 11.1 Å². The molecule has 1 heterocycles. The molecule has 0 bridgehead atoms. The molecule has 1 fully saturated rings. The van der Waals surface area contributed by atoms with E-state index in [4.69, 9.17) is 4.74 Å². The van der Waals surface area contributed by atoms with Gasteiger partial charge in [-0.25, -0.2) is 0 Å². The average molecular weight is 291 g/mol. The molecule has 3 nitrogen and oxygen atoms in total. The van der Waals surface area contributed by atoms with Gasteiger partial charge in [0.2, 0.25) is 5.79 Å². The van der Waals surface area contributed by atoms with E-state index < -0.39 is 5.79 Å². The van der Waals surface area contributed by atoms with Gasteiger partial charge in [-0.05, 0) is 44.7 Å². The number of aliphatic hydroxyl groups is 1. The highest BCUT2D eigenvalue weighted by atomic mass is 16.6. The predicted octanol–water partition coefficient (Wildman–Crippen LogP) is 3.13. The number of nitrogens with one attached hydrogen (secondary N) is 1. The van der Waals surface area contributed by atoms with Crippen molar-refractivity contribution in [1.29, 1.82) is 0 Å². The maximum Gasteiger partial charge on any atom is 0.208 e. The summed E-state index contributed by atoms with van der Waals surface area (Å²) in [5.41, 5.74) is 3.30. The van der Waals surface area contributed by atoms with Crippen LogP contribution >= 0.6 is 0 Å². The molecule has 0 saturated carbocycles. The summed E-state index contributed by atoms with van der Waals surface area (Å²) >= 11 is 0.